The first-order valence-electron chi connectivity index (χ1n) is 7.85. The maximum absolute atomic E-state index is 10.9. The van der Waals surface area contributed by atoms with Crippen molar-refractivity contribution >= 4 is 0 Å². The number of benzene rings is 2. The van der Waals surface area contributed by atoms with Gasteiger partial charge in [-0.1, -0.05) is 60.7 Å². The Kier molecular flexibility index (Phi) is 4.69. The van der Waals surface area contributed by atoms with Crippen LogP contribution in [-0.2, 0) is 0 Å². The highest BCUT2D eigenvalue weighted by Crippen LogP contribution is 2.32. The second kappa shape index (κ2) is 6.88. The number of nitrogens with zero attached hydrogens (tertiary/aromatic N) is 1. The van der Waals surface area contributed by atoms with Crippen LogP contribution >= 0.6 is 0 Å². The van der Waals surface area contributed by atoms with Crippen molar-refractivity contribution in [1.82, 2.24) is 4.90 Å². The molecule has 1 N–H and O–H groups in total. The Hall–Kier alpha value is -1.64. The topological polar surface area (TPSA) is 23.5 Å². The van der Waals surface area contributed by atoms with Gasteiger partial charge in [0.25, 0.3) is 0 Å². The first kappa shape index (κ1) is 14.3. The van der Waals surface area contributed by atoms with E-state index in [1.165, 1.54) is 18.4 Å². The van der Waals surface area contributed by atoms with Gasteiger partial charge in [0.05, 0.1) is 6.10 Å². The zero-order valence-corrected chi connectivity index (χ0v) is 12.4. The van der Waals surface area contributed by atoms with E-state index < -0.39 is 6.10 Å². The molecule has 1 heterocycles. The predicted molar refractivity (Wildman–Crippen MR) is 86.3 cm³/mol. The summed E-state index contributed by atoms with van der Waals surface area (Å²) in [5, 5.41) is 10.9. The van der Waals surface area contributed by atoms with Crippen LogP contribution in [0.15, 0.2) is 60.7 Å². The zero-order valence-electron chi connectivity index (χ0n) is 12.4. The summed E-state index contributed by atoms with van der Waals surface area (Å²) in [7, 11) is 0. The molecule has 1 saturated heterocycles. The van der Waals surface area contributed by atoms with Crippen LogP contribution in [0.25, 0.3) is 0 Å². The van der Waals surface area contributed by atoms with Crippen molar-refractivity contribution in [1.29, 1.82) is 0 Å². The fraction of sp³-hybridized carbons (Fsp3) is 0.368. The lowest BCUT2D eigenvalue weighted by Crippen LogP contribution is -2.29. The second-order valence-corrected chi connectivity index (χ2v) is 5.88. The molecule has 0 aromatic heterocycles. The molecule has 2 aromatic rings. The summed E-state index contributed by atoms with van der Waals surface area (Å²) >= 11 is 0. The van der Waals surface area contributed by atoms with Crippen molar-refractivity contribution in [3.8, 4) is 0 Å². The van der Waals surface area contributed by atoms with Crippen LogP contribution in [0.4, 0.5) is 0 Å². The van der Waals surface area contributed by atoms with Gasteiger partial charge in [-0.3, -0.25) is 0 Å². The predicted octanol–water partition coefficient (Wildman–Crippen LogP) is 3.60. The van der Waals surface area contributed by atoms with Gasteiger partial charge < -0.3 is 10.0 Å². The number of rotatable bonds is 5. The third kappa shape index (κ3) is 3.52. The summed E-state index contributed by atoms with van der Waals surface area (Å²) in [6, 6.07) is 20.4. The summed E-state index contributed by atoms with van der Waals surface area (Å²) in [5.41, 5.74) is 2.23. The molecule has 0 saturated carbocycles. The lowest BCUT2D eigenvalue weighted by Gasteiger charge is -2.28. The molecule has 0 aliphatic carbocycles. The molecule has 0 amide bonds. The Bertz CT molecular complexity index is 534. The van der Waals surface area contributed by atoms with Gasteiger partial charge in [0.2, 0.25) is 0 Å². The van der Waals surface area contributed by atoms with E-state index in [2.05, 4.69) is 29.2 Å². The maximum Gasteiger partial charge on any atom is 0.0870 e. The number of hydrogen-bond acceptors (Lipinski definition) is 2. The summed E-state index contributed by atoms with van der Waals surface area (Å²) < 4.78 is 0. The van der Waals surface area contributed by atoms with Crippen molar-refractivity contribution in [3.63, 3.8) is 0 Å². The van der Waals surface area contributed by atoms with E-state index in [0.717, 1.165) is 25.2 Å². The molecule has 1 fully saturated rings. The molecule has 0 spiro atoms. The molecule has 0 unspecified atom stereocenters. The summed E-state index contributed by atoms with van der Waals surface area (Å²) in [4.78, 5) is 2.48. The van der Waals surface area contributed by atoms with Gasteiger partial charge in [0.1, 0.15) is 0 Å². The molecule has 2 atom stereocenters. The standard InChI is InChI=1S/C19H23NO/c21-19(17-11-5-2-6-12-17)18(15-20-13-7-8-14-20)16-9-3-1-4-10-16/h1-6,9-12,18-19,21H,7-8,13-15H2/t18-,19-/m1/s1. The SMILES string of the molecule is O[C@H](c1ccccc1)[C@H](CN1CCCC1)c1ccccc1. The quantitative estimate of drug-likeness (QED) is 0.905. The molecule has 1 aliphatic heterocycles. The summed E-state index contributed by atoms with van der Waals surface area (Å²) in [6.07, 6.45) is 2.11. The van der Waals surface area contributed by atoms with Gasteiger partial charge in [0, 0.05) is 12.5 Å². The summed E-state index contributed by atoms with van der Waals surface area (Å²) in [5.74, 6) is 0.131. The fourth-order valence-corrected chi connectivity index (χ4v) is 3.21. The first-order valence-corrected chi connectivity index (χ1v) is 7.85. The Balaban J connectivity index is 1.84. The highest BCUT2D eigenvalue weighted by atomic mass is 16.3. The van der Waals surface area contributed by atoms with E-state index in [4.69, 9.17) is 0 Å². The largest absolute Gasteiger partial charge is 0.388 e. The monoisotopic (exact) mass is 281 g/mol. The van der Waals surface area contributed by atoms with Crippen molar-refractivity contribution in [3.05, 3.63) is 71.8 Å². The zero-order chi connectivity index (χ0) is 14.5. The van der Waals surface area contributed by atoms with Gasteiger partial charge in [-0.2, -0.15) is 0 Å². The highest BCUT2D eigenvalue weighted by Gasteiger charge is 2.26. The average molecular weight is 281 g/mol. The van der Waals surface area contributed by atoms with Crippen LogP contribution in [-0.4, -0.2) is 29.6 Å². The Morgan fingerprint density at radius 2 is 1.33 bits per heavy atom. The molecule has 2 heteroatoms. The van der Waals surface area contributed by atoms with E-state index >= 15 is 0 Å². The van der Waals surface area contributed by atoms with Crippen molar-refractivity contribution in [2.75, 3.05) is 19.6 Å². The fourth-order valence-electron chi connectivity index (χ4n) is 3.21. The minimum atomic E-state index is -0.450. The molecule has 1 aliphatic rings. The van der Waals surface area contributed by atoms with Gasteiger partial charge in [-0.25, -0.2) is 0 Å². The molecule has 21 heavy (non-hydrogen) atoms. The Morgan fingerprint density at radius 1 is 0.810 bits per heavy atom. The molecule has 0 radical (unpaired) electrons. The molecule has 110 valence electrons. The minimum Gasteiger partial charge on any atom is -0.388 e. The maximum atomic E-state index is 10.9. The number of aliphatic hydroxyl groups is 1. The molecular formula is C19H23NO. The first-order chi connectivity index (χ1) is 10.3. The van der Waals surface area contributed by atoms with Gasteiger partial charge in [-0.05, 0) is 37.1 Å². The second-order valence-electron chi connectivity index (χ2n) is 5.88. The molecule has 2 nitrogen and oxygen atoms in total. The van der Waals surface area contributed by atoms with Gasteiger partial charge in [0.15, 0.2) is 0 Å². The lowest BCUT2D eigenvalue weighted by molar-refractivity contribution is 0.123. The minimum absolute atomic E-state index is 0.131. The number of aliphatic hydroxyl groups excluding tert-OH is 1. The molecule has 0 bridgehead atoms. The van der Waals surface area contributed by atoms with Crippen LogP contribution in [0.2, 0.25) is 0 Å². The van der Waals surface area contributed by atoms with E-state index in [9.17, 15) is 5.11 Å². The van der Waals surface area contributed by atoms with Crippen LogP contribution in [0.5, 0.6) is 0 Å². The van der Waals surface area contributed by atoms with Crippen molar-refractivity contribution < 1.29 is 5.11 Å². The highest BCUT2D eigenvalue weighted by molar-refractivity contribution is 5.27. The van der Waals surface area contributed by atoms with Crippen molar-refractivity contribution in [2.24, 2.45) is 0 Å². The number of likely N-dealkylation sites (tertiary alicyclic amines) is 1. The summed E-state index contributed by atoms with van der Waals surface area (Å²) in [6.45, 7) is 3.25. The Labute approximate surface area is 127 Å². The molecule has 3 rings (SSSR count). The van der Waals surface area contributed by atoms with E-state index in [1.54, 1.807) is 0 Å². The van der Waals surface area contributed by atoms with Gasteiger partial charge in [-0.15, -0.1) is 0 Å². The third-order valence-electron chi connectivity index (χ3n) is 4.40. The van der Waals surface area contributed by atoms with E-state index in [1.807, 2.05) is 36.4 Å². The van der Waals surface area contributed by atoms with Crippen LogP contribution in [0, 0.1) is 0 Å². The van der Waals surface area contributed by atoms with Crippen molar-refractivity contribution in [2.45, 2.75) is 24.9 Å². The lowest BCUT2D eigenvalue weighted by atomic mass is 9.88. The smallest absolute Gasteiger partial charge is 0.0870 e. The van der Waals surface area contributed by atoms with E-state index in [-0.39, 0.29) is 5.92 Å². The van der Waals surface area contributed by atoms with Crippen LogP contribution in [0.1, 0.15) is 36.0 Å². The average Bonchev–Trinajstić information content (AvgIpc) is 3.07. The van der Waals surface area contributed by atoms with Gasteiger partial charge >= 0.3 is 0 Å². The Morgan fingerprint density at radius 3 is 1.90 bits per heavy atom. The van der Waals surface area contributed by atoms with E-state index in [0.29, 0.717) is 0 Å². The van der Waals surface area contributed by atoms with Crippen LogP contribution < -0.4 is 0 Å². The number of hydrogen-bond donors (Lipinski definition) is 1. The van der Waals surface area contributed by atoms with Crippen LogP contribution in [0.3, 0.4) is 0 Å². The molecular weight excluding hydrogens is 258 g/mol. The molecule has 2 aromatic carbocycles. The normalized spacial score (nSPS) is 18.5. The third-order valence-corrected chi connectivity index (χ3v) is 4.40.